The van der Waals surface area contributed by atoms with Crippen molar-refractivity contribution in [1.29, 1.82) is 0 Å². The first kappa shape index (κ1) is 16.5. The van der Waals surface area contributed by atoms with Crippen LogP contribution in [0.4, 0.5) is 0 Å². The van der Waals surface area contributed by atoms with Crippen LogP contribution in [0, 0.1) is 6.92 Å². The van der Waals surface area contributed by atoms with Crippen molar-refractivity contribution in [3.63, 3.8) is 0 Å². The molecule has 0 aliphatic heterocycles. The Labute approximate surface area is 137 Å². The number of hydrogen-bond acceptors (Lipinski definition) is 5. The first-order chi connectivity index (χ1) is 10.6. The third-order valence-corrected chi connectivity index (χ3v) is 3.58. The fourth-order valence-corrected chi connectivity index (χ4v) is 2.42. The van der Waals surface area contributed by atoms with Gasteiger partial charge in [0.25, 0.3) is 0 Å². The van der Waals surface area contributed by atoms with Gasteiger partial charge in [0, 0.05) is 29.4 Å². The van der Waals surface area contributed by atoms with E-state index in [0.29, 0.717) is 37.5 Å². The van der Waals surface area contributed by atoms with Gasteiger partial charge in [-0.3, -0.25) is 4.79 Å². The SMILES string of the molecule is COc1ccc(Br)cc1CNC(=O)CCCc1nc(C)no1. The molecule has 1 N–H and O–H groups in total. The molecule has 1 heterocycles. The highest BCUT2D eigenvalue weighted by Gasteiger charge is 2.08. The molecule has 0 aliphatic carbocycles. The smallest absolute Gasteiger partial charge is 0.226 e. The predicted molar refractivity (Wildman–Crippen MR) is 84.5 cm³/mol. The van der Waals surface area contributed by atoms with Crippen molar-refractivity contribution in [1.82, 2.24) is 15.5 Å². The molecule has 0 aliphatic rings. The number of carbonyl (C=O) groups is 1. The van der Waals surface area contributed by atoms with Gasteiger partial charge in [-0.15, -0.1) is 0 Å². The summed E-state index contributed by atoms with van der Waals surface area (Å²) in [4.78, 5) is 16.0. The molecule has 6 nitrogen and oxygen atoms in total. The van der Waals surface area contributed by atoms with Crippen LogP contribution in [-0.2, 0) is 17.8 Å². The predicted octanol–water partition coefficient (Wildman–Crippen LogP) is 2.79. The highest BCUT2D eigenvalue weighted by atomic mass is 79.9. The second-order valence-electron chi connectivity index (χ2n) is 4.82. The van der Waals surface area contributed by atoms with Crippen molar-refractivity contribution < 1.29 is 14.1 Å². The van der Waals surface area contributed by atoms with Crippen molar-refractivity contribution in [3.8, 4) is 5.75 Å². The largest absolute Gasteiger partial charge is 0.496 e. The number of halogens is 1. The van der Waals surface area contributed by atoms with Crippen LogP contribution in [0.3, 0.4) is 0 Å². The third-order valence-electron chi connectivity index (χ3n) is 3.08. The van der Waals surface area contributed by atoms with E-state index < -0.39 is 0 Å². The summed E-state index contributed by atoms with van der Waals surface area (Å²) >= 11 is 3.41. The molecule has 118 valence electrons. The van der Waals surface area contributed by atoms with E-state index >= 15 is 0 Å². The van der Waals surface area contributed by atoms with Crippen LogP contribution in [0.1, 0.15) is 30.1 Å². The number of amides is 1. The van der Waals surface area contributed by atoms with Crippen LogP contribution in [0.5, 0.6) is 5.75 Å². The molecule has 0 radical (unpaired) electrons. The van der Waals surface area contributed by atoms with Crippen LogP contribution in [-0.4, -0.2) is 23.2 Å². The fraction of sp³-hybridized carbons (Fsp3) is 0.400. The fourth-order valence-electron chi connectivity index (χ4n) is 2.01. The highest BCUT2D eigenvalue weighted by Crippen LogP contribution is 2.22. The van der Waals surface area contributed by atoms with Crippen LogP contribution < -0.4 is 10.1 Å². The minimum absolute atomic E-state index is 0.0155. The third kappa shape index (κ3) is 4.84. The van der Waals surface area contributed by atoms with E-state index in [1.54, 1.807) is 14.0 Å². The Balaban J connectivity index is 1.77. The summed E-state index contributed by atoms with van der Waals surface area (Å²) in [5.41, 5.74) is 0.928. The maximum Gasteiger partial charge on any atom is 0.226 e. The number of aromatic nitrogens is 2. The molecular weight excluding hydrogens is 350 g/mol. The Morgan fingerprint density at radius 1 is 1.45 bits per heavy atom. The van der Waals surface area contributed by atoms with Gasteiger partial charge in [0.05, 0.1) is 7.11 Å². The lowest BCUT2D eigenvalue weighted by atomic mass is 10.2. The highest BCUT2D eigenvalue weighted by molar-refractivity contribution is 9.10. The van der Waals surface area contributed by atoms with Crippen LogP contribution >= 0.6 is 15.9 Å². The van der Waals surface area contributed by atoms with Crippen molar-refractivity contribution >= 4 is 21.8 Å². The van der Waals surface area contributed by atoms with Crippen molar-refractivity contribution in [2.75, 3.05) is 7.11 Å². The minimum Gasteiger partial charge on any atom is -0.496 e. The molecule has 0 fully saturated rings. The van der Waals surface area contributed by atoms with Gasteiger partial charge < -0.3 is 14.6 Å². The minimum atomic E-state index is -0.0155. The van der Waals surface area contributed by atoms with E-state index in [1.807, 2.05) is 18.2 Å². The lowest BCUT2D eigenvalue weighted by Gasteiger charge is -2.10. The number of ether oxygens (including phenoxy) is 1. The zero-order chi connectivity index (χ0) is 15.9. The van der Waals surface area contributed by atoms with Crippen molar-refractivity contribution in [2.24, 2.45) is 0 Å². The first-order valence-electron chi connectivity index (χ1n) is 6.97. The second kappa shape index (κ2) is 7.93. The number of rotatable bonds is 7. The molecule has 0 spiro atoms. The molecule has 0 saturated heterocycles. The average molecular weight is 368 g/mol. The van der Waals surface area contributed by atoms with Gasteiger partial charge in [-0.1, -0.05) is 21.1 Å². The monoisotopic (exact) mass is 367 g/mol. The summed E-state index contributed by atoms with van der Waals surface area (Å²) in [6, 6.07) is 5.69. The lowest BCUT2D eigenvalue weighted by molar-refractivity contribution is -0.121. The molecule has 0 unspecified atom stereocenters. The van der Waals surface area contributed by atoms with Gasteiger partial charge in [0.15, 0.2) is 5.82 Å². The Kier molecular flexibility index (Phi) is 5.94. The molecule has 22 heavy (non-hydrogen) atoms. The number of nitrogens with zero attached hydrogens (tertiary/aromatic N) is 2. The van der Waals surface area contributed by atoms with Gasteiger partial charge in [0.1, 0.15) is 5.75 Å². The van der Waals surface area contributed by atoms with E-state index in [2.05, 4.69) is 31.4 Å². The molecule has 1 aromatic heterocycles. The quantitative estimate of drug-likeness (QED) is 0.813. The number of benzene rings is 1. The van der Waals surface area contributed by atoms with Gasteiger partial charge >= 0.3 is 0 Å². The molecule has 1 amide bonds. The molecular formula is C15H18BrN3O3. The number of aryl methyl sites for hydroxylation is 2. The normalized spacial score (nSPS) is 10.5. The average Bonchev–Trinajstić information content (AvgIpc) is 2.91. The molecule has 2 aromatic rings. The van der Waals surface area contributed by atoms with E-state index in [1.165, 1.54) is 0 Å². The molecule has 0 saturated carbocycles. The Hall–Kier alpha value is -1.89. The summed E-state index contributed by atoms with van der Waals surface area (Å²) in [5.74, 6) is 1.92. The van der Waals surface area contributed by atoms with E-state index in [4.69, 9.17) is 9.26 Å². The number of methoxy groups -OCH3 is 1. The van der Waals surface area contributed by atoms with Gasteiger partial charge in [0.2, 0.25) is 11.8 Å². The Morgan fingerprint density at radius 3 is 2.95 bits per heavy atom. The van der Waals surface area contributed by atoms with Crippen LogP contribution in [0.2, 0.25) is 0 Å². The Morgan fingerprint density at radius 2 is 2.27 bits per heavy atom. The topological polar surface area (TPSA) is 77.2 Å². The summed E-state index contributed by atoms with van der Waals surface area (Å²) in [6.45, 7) is 2.20. The summed E-state index contributed by atoms with van der Waals surface area (Å²) < 4.78 is 11.2. The second-order valence-corrected chi connectivity index (χ2v) is 5.74. The van der Waals surface area contributed by atoms with Crippen molar-refractivity contribution in [3.05, 3.63) is 40.0 Å². The van der Waals surface area contributed by atoms with E-state index in [9.17, 15) is 4.79 Å². The summed E-state index contributed by atoms with van der Waals surface area (Å²) in [5, 5.41) is 6.60. The summed E-state index contributed by atoms with van der Waals surface area (Å²) in [7, 11) is 1.61. The van der Waals surface area contributed by atoms with Crippen LogP contribution in [0.25, 0.3) is 0 Å². The van der Waals surface area contributed by atoms with Gasteiger partial charge in [-0.25, -0.2) is 0 Å². The molecule has 7 heteroatoms. The number of nitrogens with one attached hydrogen (secondary N) is 1. The van der Waals surface area contributed by atoms with Crippen molar-refractivity contribution in [2.45, 2.75) is 32.7 Å². The number of carbonyl (C=O) groups excluding carboxylic acids is 1. The molecule has 2 rings (SSSR count). The zero-order valence-electron chi connectivity index (χ0n) is 12.6. The van der Waals surface area contributed by atoms with Gasteiger partial charge in [-0.2, -0.15) is 4.98 Å². The van der Waals surface area contributed by atoms with E-state index in [-0.39, 0.29) is 5.91 Å². The maximum absolute atomic E-state index is 11.9. The number of hydrogen-bond donors (Lipinski definition) is 1. The maximum atomic E-state index is 11.9. The Bertz CT molecular complexity index is 643. The summed E-state index contributed by atoms with van der Waals surface area (Å²) in [6.07, 6.45) is 1.69. The molecule has 1 aromatic carbocycles. The molecule has 0 atom stereocenters. The zero-order valence-corrected chi connectivity index (χ0v) is 14.1. The molecule has 0 bridgehead atoms. The lowest BCUT2D eigenvalue weighted by Crippen LogP contribution is -2.22. The van der Waals surface area contributed by atoms with E-state index in [0.717, 1.165) is 15.8 Å². The van der Waals surface area contributed by atoms with Gasteiger partial charge in [-0.05, 0) is 31.5 Å². The van der Waals surface area contributed by atoms with Crippen LogP contribution in [0.15, 0.2) is 27.2 Å². The first-order valence-corrected chi connectivity index (χ1v) is 7.76. The standard InChI is InChI=1S/C15H18BrN3O3/c1-10-18-15(22-19-10)5-3-4-14(20)17-9-11-8-12(16)6-7-13(11)21-2/h6-8H,3-5,9H2,1-2H3,(H,17,20).